The van der Waals surface area contributed by atoms with E-state index in [2.05, 4.69) is 11.9 Å². The van der Waals surface area contributed by atoms with Crippen molar-refractivity contribution in [3.63, 3.8) is 0 Å². The summed E-state index contributed by atoms with van der Waals surface area (Å²) < 4.78 is 24.6. The molecule has 2 aliphatic rings. The highest BCUT2D eigenvalue weighted by Gasteiger charge is 2.37. The second-order valence-electron chi connectivity index (χ2n) is 4.30. The predicted molar refractivity (Wildman–Crippen MR) is 68.7 cm³/mol. The Bertz CT molecular complexity index is 519. The van der Waals surface area contributed by atoms with Crippen molar-refractivity contribution in [3.05, 3.63) is 27.7 Å². The van der Waals surface area contributed by atoms with E-state index in [4.69, 9.17) is 0 Å². The minimum Gasteiger partial charge on any atom is -0.352 e. The number of allylic oxidation sites excluding steroid dienone is 1. The van der Waals surface area contributed by atoms with Gasteiger partial charge in [0.25, 0.3) is 0 Å². The van der Waals surface area contributed by atoms with Gasteiger partial charge in [-0.3, -0.25) is 4.79 Å². The van der Waals surface area contributed by atoms with Crippen LogP contribution in [0.1, 0.15) is 20.3 Å². The van der Waals surface area contributed by atoms with Gasteiger partial charge in [-0.2, -0.15) is 24.8 Å². The summed E-state index contributed by atoms with van der Waals surface area (Å²) in [6.45, 7) is 6.88. The summed E-state index contributed by atoms with van der Waals surface area (Å²) in [6.07, 6.45) is 2.18. The Kier molecular flexibility index (Phi) is 3.03. The monoisotopic (exact) mass is 272 g/mol. The molecule has 0 saturated carbocycles. The number of hydrogen-bond acceptors (Lipinski definition) is 4. The highest BCUT2D eigenvalue weighted by Crippen LogP contribution is 2.48. The summed E-state index contributed by atoms with van der Waals surface area (Å²) in [6, 6.07) is -0.215. The van der Waals surface area contributed by atoms with Crippen molar-refractivity contribution in [1.82, 2.24) is 5.32 Å². The number of carbonyl (C=O) groups is 1. The van der Waals surface area contributed by atoms with E-state index in [-0.39, 0.29) is 11.9 Å². The zero-order valence-electron chi connectivity index (χ0n) is 9.69. The summed E-state index contributed by atoms with van der Waals surface area (Å²) in [5.74, 6) is -0.149. The molecule has 2 heterocycles. The average Bonchev–Trinajstić information content (AvgIpc) is 2.57. The second kappa shape index (κ2) is 4.10. The van der Waals surface area contributed by atoms with Crippen LogP contribution in [0.5, 0.6) is 0 Å². The summed E-state index contributed by atoms with van der Waals surface area (Å²) in [4.78, 5) is 11.8. The lowest BCUT2D eigenvalue weighted by atomic mass is 10.0. The third kappa shape index (κ3) is 2.11. The van der Waals surface area contributed by atoms with Crippen molar-refractivity contribution < 1.29 is 13.2 Å². The van der Waals surface area contributed by atoms with Crippen LogP contribution in [0.15, 0.2) is 21.3 Å². The van der Waals surface area contributed by atoms with Crippen LogP contribution in [0.3, 0.4) is 0 Å². The minimum absolute atomic E-state index is 0.149. The quantitative estimate of drug-likeness (QED) is 0.732. The van der Waals surface area contributed by atoms with Gasteiger partial charge >= 0.3 is 0 Å². The first-order valence-corrected chi connectivity index (χ1v) is 7.65. The summed E-state index contributed by atoms with van der Waals surface area (Å²) >= 11 is 1.18. The number of carbonyl (C=O) groups excluding carboxylic acids is 1. The SMILES string of the molecule is C=C1[CH-]C2=C(S1)S(=O)(=O)C(C)CC2NC(C)=O. The molecule has 0 aromatic heterocycles. The Morgan fingerprint density at radius 1 is 1.59 bits per heavy atom. The minimum atomic E-state index is -3.24. The Hall–Kier alpha value is -0.880. The van der Waals surface area contributed by atoms with E-state index in [1.165, 1.54) is 18.7 Å². The van der Waals surface area contributed by atoms with Crippen molar-refractivity contribution in [1.29, 1.82) is 0 Å². The molecule has 1 N–H and O–H groups in total. The molecule has 0 spiro atoms. The normalized spacial score (nSPS) is 30.8. The van der Waals surface area contributed by atoms with Crippen molar-refractivity contribution in [2.45, 2.75) is 31.6 Å². The molecule has 1 amide bonds. The molecule has 0 aromatic carbocycles. The molecule has 6 heteroatoms. The van der Waals surface area contributed by atoms with Gasteiger partial charge in [0.1, 0.15) is 9.84 Å². The van der Waals surface area contributed by atoms with Gasteiger partial charge < -0.3 is 5.32 Å². The smallest absolute Gasteiger partial charge is 0.217 e. The molecular formula is C11H14NO3S2-. The van der Waals surface area contributed by atoms with Crippen LogP contribution in [-0.4, -0.2) is 25.6 Å². The Balaban J connectivity index is 2.44. The lowest BCUT2D eigenvalue weighted by Gasteiger charge is -2.32. The molecule has 2 atom stereocenters. The standard InChI is InChI=1S/C11H14NO3S2/c1-6-4-9-10(12-8(3)13)5-7(2)17(14,15)11(9)16-6/h4,7,10H,1,5H2,2-3H3,(H,12,13)/q-1. The molecule has 94 valence electrons. The largest absolute Gasteiger partial charge is 0.352 e. The third-order valence-corrected chi connectivity index (χ3v) is 6.64. The maximum absolute atomic E-state index is 12.1. The molecule has 0 fully saturated rings. The molecule has 0 aliphatic carbocycles. The van der Waals surface area contributed by atoms with Crippen LogP contribution in [-0.2, 0) is 14.6 Å². The lowest BCUT2D eigenvalue weighted by molar-refractivity contribution is -0.119. The molecule has 17 heavy (non-hydrogen) atoms. The van der Waals surface area contributed by atoms with E-state index in [9.17, 15) is 13.2 Å². The zero-order chi connectivity index (χ0) is 12.8. The van der Waals surface area contributed by atoms with Crippen molar-refractivity contribution in [2.24, 2.45) is 0 Å². The van der Waals surface area contributed by atoms with Gasteiger partial charge in [-0.15, -0.1) is 10.5 Å². The van der Waals surface area contributed by atoms with Gasteiger partial charge in [-0.05, 0) is 13.3 Å². The molecule has 2 rings (SSSR count). The van der Waals surface area contributed by atoms with Gasteiger partial charge in [0.2, 0.25) is 5.91 Å². The molecule has 0 radical (unpaired) electrons. The van der Waals surface area contributed by atoms with Gasteiger partial charge in [-0.25, -0.2) is 8.42 Å². The van der Waals surface area contributed by atoms with Crippen LogP contribution >= 0.6 is 11.8 Å². The van der Waals surface area contributed by atoms with Gasteiger partial charge in [0, 0.05) is 17.2 Å². The molecule has 0 saturated heterocycles. The second-order valence-corrected chi connectivity index (χ2v) is 8.00. The first kappa shape index (κ1) is 12.6. The molecule has 2 aliphatic heterocycles. The predicted octanol–water partition coefficient (Wildman–Crippen LogP) is 1.37. The molecule has 0 bridgehead atoms. The fourth-order valence-electron chi connectivity index (χ4n) is 2.06. The van der Waals surface area contributed by atoms with Crippen molar-refractivity contribution in [2.75, 3.05) is 0 Å². The van der Waals surface area contributed by atoms with Crippen LogP contribution in [0.4, 0.5) is 0 Å². The van der Waals surface area contributed by atoms with E-state index in [0.29, 0.717) is 21.1 Å². The number of sulfone groups is 1. The Labute approximate surface area is 105 Å². The van der Waals surface area contributed by atoms with E-state index < -0.39 is 15.1 Å². The molecule has 2 unspecified atom stereocenters. The first-order valence-electron chi connectivity index (χ1n) is 5.29. The van der Waals surface area contributed by atoms with E-state index in [1.807, 2.05) is 0 Å². The number of hydrogen-bond donors (Lipinski definition) is 1. The maximum atomic E-state index is 12.1. The lowest BCUT2D eigenvalue weighted by Crippen LogP contribution is -2.42. The fourth-order valence-corrected chi connectivity index (χ4v) is 5.42. The van der Waals surface area contributed by atoms with Crippen LogP contribution in [0, 0.1) is 6.42 Å². The summed E-state index contributed by atoms with van der Waals surface area (Å²) in [5, 5.41) is 2.33. The molecular weight excluding hydrogens is 258 g/mol. The Morgan fingerprint density at radius 2 is 2.24 bits per heavy atom. The van der Waals surface area contributed by atoms with E-state index in [1.54, 1.807) is 13.3 Å². The summed E-state index contributed by atoms with van der Waals surface area (Å²) in [5.41, 5.74) is 0.688. The van der Waals surface area contributed by atoms with Crippen LogP contribution in [0.25, 0.3) is 0 Å². The highest BCUT2D eigenvalue weighted by atomic mass is 32.3. The van der Waals surface area contributed by atoms with Gasteiger partial charge in [-0.1, -0.05) is 0 Å². The Morgan fingerprint density at radius 3 is 2.82 bits per heavy atom. The topological polar surface area (TPSA) is 63.2 Å². The van der Waals surface area contributed by atoms with Gasteiger partial charge in [0.05, 0.1) is 5.25 Å². The van der Waals surface area contributed by atoms with Crippen molar-refractivity contribution >= 4 is 27.5 Å². The zero-order valence-corrected chi connectivity index (χ0v) is 11.3. The van der Waals surface area contributed by atoms with Crippen molar-refractivity contribution in [3.8, 4) is 0 Å². The van der Waals surface area contributed by atoms with Crippen LogP contribution in [0.2, 0.25) is 0 Å². The number of amides is 1. The number of thioether (sulfide) groups is 1. The average molecular weight is 272 g/mol. The van der Waals surface area contributed by atoms with Crippen LogP contribution < -0.4 is 5.32 Å². The highest BCUT2D eigenvalue weighted by molar-refractivity contribution is 8.21. The molecule has 4 nitrogen and oxygen atoms in total. The fraction of sp³-hybridized carbons (Fsp3) is 0.455. The van der Waals surface area contributed by atoms with Gasteiger partial charge in [0.15, 0.2) is 0 Å². The summed E-state index contributed by atoms with van der Waals surface area (Å²) in [7, 11) is -3.24. The maximum Gasteiger partial charge on any atom is 0.217 e. The number of rotatable bonds is 1. The van der Waals surface area contributed by atoms with E-state index >= 15 is 0 Å². The first-order chi connectivity index (χ1) is 7.82. The molecule has 0 aromatic rings. The third-order valence-electron chi connectivity index (χ3n) is 2.88. The van der Waals surface area contributed by atoms with E-state index in [0.717, 1.165) is 0 Å². The number of nitrogens with one attached hydrogen (secondary N) is 1.